The second kappa shape index (κ2) is 3.85. The van der Waals surface area contributed by atoms with E-state index >= 15 is 0 Å². The van der Waals surface area contributed by atoms with E-state index in [1.165, 1.54) is 20.4 Å². The van der Waals surface area contributed by atoms with E-state index in [4.69, 9.17) is 15.2 Å². The number of benzene rings is 1. The van der Waals surface area contributed by atoms with Crippen LogP contribution in [0.1, 0.15) is 0 Å². The molecule has 7 heteroatoms. The molecule has 3 N–H and O–H groups in total. The van der Waals surface area contributed by atoms with Gasteiger partial charge in [-0.15, -0.1) is 0 Å². The van der Waals surface area contributed by atoms with Gasteiger partial charge in [-0.25, -0.2) is 4.98 Å². The van der Waals surface area contributed by atoms with E-state index in [2.05, 4.69) is 4.98 Å². The molecule has 0 atom stereocenters. The maximum Gasteiger partial charge on any atom is 0.235 e. The maximum absolute atomic E-state index is 12.0. The number of nitrogens with two attached hydrogens (primary N) is 1. The topological polar surface area (TPSA) is 99.6 Å². The Kier molecular flexibility index (Phi) is 2.51. The van der Waals surface area contributed by atoms with Gasteiger partial charge < -0.3 is 20.4 Å². The molecule has 0 aromatic carbocycles. The van der Waals surface area contributed by atoms with Gasteiger partial charge in [0, 0.05) is 6.20 Å². The molecule has 17 heavy (non-hydrogen) atoms. The predicted molar refractivity (Wildman–Crippen MR) is 59.8 cm³/mol. The van der Waals surface area contributed by atoms with Crippen LogP contribution in [0, 0.1) is 0 Å². The molecule has 0 saturated carbocycles. The first kappa shape index (κ1) is 11.1. The molecule has 1 aliphatic carbocycles. The molecule has 2 aliphatic rings. The quantitative estimate of drug-likeness (QED) is 0.571. The van der Waals surface area contributed by atoms with Crippen LogP contribution in [0.3, 0.4) is 0 Å². The Labute approximate surface area is 96.3 Å². The summed E-state index contributed by atoms with van der Waals surface area (Å²) in [6, 6.07) is 0. The molecule has 0 saturated heterocycles. The monoisotopic (exact) mass is 237 g/mol. The Morgan fingerprint density at radius 3 is 2.59 bits per heavy atom. The standard InChI is InChI=1S/C10H11N3O4/c1-16-9-6(11)7-5(3-12-4-13(7)15)8(14)10(9)17-2/h3-4,15H,11H2,1-2H3. The van der Waals surface area contributed by atoms with Gasteiger partial charge in [0.15, 0.2) is 5.75 Å². The number of methoxy groups -OCH3 is 2. The van der Waals surface area contributed by atoms with Gasteiger partial charge in [0.05, 0.1) is 19.8 Å². The molecular formula is C10H11N3O4. The SMILES string of the molecule is COc1c(N)c2n(O)cncc-2c(=O)c1OC. The summed E-state index contributed by atoms with van der Waals surface area (Å²) in [4.78, 5) is 15.7. The number of nitrogens with zero attached hydrogens (tertiary/aromatic N) is 2. The summed E-state index contributed by atoms with van der Waals surface area (Å²) in [5, 5.41) is 9.60. The van der Waals surface area contributed by atoms with Crippen molar-refractivity contribution in [1.82, 2.24) is 9.71 Å². The van der Waals surface area contributed by atoms with Gasteiger partial charge in [-0.2, -0.15) is 4.73 Å². The molecule has 1 heterocycles. The molecule has 7 nitrogen and oxygen atoms in total. The number of anilines is 1. The first-order valence-electron chi connectivity index (χ1n) is 4.70. The molecule has 2 rings (SSSR count). The number of nitrogen functional groups attached to an aromatic ring is 1. The second-order valence-electron chi connectivity index (χ2n) is 3.31. The highest BCUT2D eigenvalue weighted by Crippen LogP contribution is 2.38. The molecule has 0 aromatic heterocycles. The molecule has 0 aromatic rings. The zero-order chi connectivity index (χ0) is 12.6. The molecule has 0 fully saturated rings. The van der Waals surface area contributed by atoms with Crippen LogP contribution in [0.25, 0.3) is 11.3 Å². The van der Waals surface area contributed by atoms with Crippen LogP contribution >= 0.6 is 0 Å². The van der Waals surface area contributed by atoms with E-state index in [1.807, 2.05) is 0 Å². The van der Waals surface area contributed by atoms with Crippen LogP contribution in [0.4, 0.5) is 5.69 Å². The minimum absolute atomic E-state index is 0.00880. The Balaban J connectivity index is 2.99. The van der Waals surface area contributed by atoms with Gasteiger partial charge in [0.1, 0.15) is 17.7 Å². The lowest BCUT2D eigenvalue weighted by atomic mass is 10.1. The van der Waals surface area contributed by atoms with Gasteiger partial charge >= 0.3 is 0 Å². The zero-order valence-corrected chi connectivity index (χ0v) is 9.30. The van der Waals surface area contributed by atoms with Crippen molar-refractivity contribution in [3.63, 3.8) is 0 Å². The smallest absolute Gasteiger partial charge is 0.235 e. The Morgan fingerprint density at radius 2 is 2.00 bits per heavy atom. The van der Waals surface area contributed by atoms with Crippen LogP contribution in [-0.4, -0.2) is 29.1 Å². The highest BCUT2D eigenvalue weighted by molar-refractivity contribution is 5.82. The van der Waals surface area contributed by atoms with Gasteiger partial charge in [-0.05, 0) is 0 Å². The molecule has 90 valence electrons. The average molecular weight is 237 g/mol. The second-order valence-corrected chi connectivity index (χ2v) is 3.31. The maximum atomic E-state index is 12.0. The van der Waals surface area contributed by atoms with Crippen molar-refractivity contribution in [3.05, 3.63) is 22.7 Å². The van der Waals surface area contributed by atoms with Crippen LogP contribution in [0.5, 0.6) is 11.5 Å². The number of ether oxygens (including phenoxy) is 2. The minimum Gasteiger partial charge on any atom is -0.491 e. The summed E-state index contributed by atoms with van der Waals surface area (Å²) >= 11 is 0. The highest BCUT2D eigenvalue weighted by atomic mass is 16.5. The normalized spacial score (nSPS) is 10.5. The van der Waals surface area contributed by atoms with Crippen molar-refractivity contribution in [2.24, 2.45) is 0 Å². The van der Waals surface area contributed by atoms with Crippen LogP contribution in [0.15, 0.2) is 17.3 Å². The molecule has 0 bridgehead atoms. The summed E-state index contributed by atoms with van der Waals surface area (Å²) in [6.07, 6.45) is 2.44. The van der Waals surface area contributed by atoms with Gasteiger partial charge in [-0.3, -0.25) is 4.79 Å². The highest BCUT2D eigenvalue weighted by Gasteiger charge is 2.24. The fourth-order valence-corrected chi connectivity index (χ4v) is 1.69. The zero-order valence-electron chi connectivity index (χ0n) is 9.30. The van der Waals surface area contributed by atoms with E-state index < -0.39 is 5.43 Å². The third-order valence-electron chi connectivity index (χ3n) is 2.43. The third-order valence-corrected chi connectivity index (χ3v) is 2.43. The number of rotatable bonds is 2. The lowest BCUT2D eigenvalue weighted by molar-refractivity contribution is 0.185. The van der Waals surface area contributed by atoms with Crippen LogP contribution < -0.4 is 20.6 Å². The number of aromatic nitrogens is 2. The average Bonchev–Trinajstić information content (AvgIpc) is 2.33. The van der Waals surface area contributed by atoms with Crippen LogP contribution in [0.2, 0.25) is 0 Å². The van der Waals surface area contributed by atoms with Crippen molar-refractivity contribution in [1.29, 1.82) is 0 Å². The van der Waals surface area contributed by atoms with E-state index in [-0.39, 0.29) is 28.4 Å². The van der Waals surface area contributed by atoms with Gasteiger partial charge in [-0.1, -0.05) is 0 Å². The first-order valence-corrected chi connectivity index (χ1v) is 4.70. The largest absolute Gasteiger partial charge is 0.491 e. The Hall–Kier alpha value is -2.44. The van der Waals surface area contributed by atoms with Gasteiger partial charge in [0.2, 0.25) is 11.2 Å². The van der Waals surface area contributed by atoms with E-state index in [9.17, 15) is 10.0 Å². The van der Waals surface area contributed by atoms with E-state index in [0.29, 0.717) is 4.73 Å². The van der Waals surface area contributed by atoms with Gasteiger partial charge in [0.25, 0.3) is 0 Å². The molecular weight excluding hydrogens is 226 g/mol. The summed E-state index contributed by atoms with van der Waals surface area (Å²) in [7, 11) is 2.70. The summed E-state index contributed by atoms with van der Waals surface area (Å²) in [6.45, 7) is 0. The lowest BCUT2D eigenvalue weighted by Gasteiger charge is -2.16. The van der Waals surface area contributed by atoms with Crippen molar-refractivity contribution in [2.45, 2.75) is 0 Å². The van der Waals surface area contributed by atoms with E-state index in [1.54, 1.807) is 0 Å². The first-order chi connectivity index (χ1) is 8.11. The molecule has 1 aliphatic heterocycles. The number of hydrogen-bond acceptors (Lipinski definition) is 6. The lowest BCUT2D eigenvalue weighted by Crippen LogP contribution is -2.17. The number of hydrogen-bond donors (Lipinski definition) is 2. The Bertz CT molecular complexity index is 593. The van der Waals surface area contributed by atoms with Crippen molar-refractivity contribution >= 4 is 5.69 Å². The minimum atomic E-state index is -0.440. The Morgan fingerprint density at radius 1 is 1.35 bits per heavy atom. The van der Waals surface area contributed by atoms with Crippen molar-refractivity contribution in [3.8, 4) is 22.8 Å². The molecule has 0 amide bonds. The third kappa shape index (κ3) is 1.43. The van der Waals surface area contributed by atoms with E-state index in [0.717, 1.165) is 6.33 Å². The molecule has 0 radical (unpaired) electrons. The summed E-state index contributed by atoms with van der Waals surface area (Å²) in [5.74, 6) is 0.0875. The molecule has 0 unspecified atom stereocenters. The molecule has 0 spiro atoms. The fourth-order valence-electron chi connectivity index (χ4n) is 1.69. The summed E-state index contributed by atoms with van der Waals surface area (Å²) < 4.78 is 10.7. The van der Waals surface area contributed by atoms with Crippen LogP contribution in [-0.2, 0) is 0 Å². The van der Waals surface area contributed by atoms with Crippen molar-refractivity contribution < 1.29 is 14.7 Å². The fraction of sp³-hybridized carbons (Fsp3) is 0.200. The number of fused-ring (bicyclic) bond motifs is 1. The van der Waals surface area contributed by atoms with Crippen molar-refractivity contribution in [2.75, 3.05) is 20.0 Å². The summed E-state index contributed by atoms with van der Waals surface area (Å²) in [5.41, 5.74) is 5.80. The predicted octanol–water partition coefficient (Wildman–Crippen LogP) is 0.185.